The predicted octanol–water partition coefficient (Wildman–Crippen LogP) is 4.51. The molecule has 0 unspecified atom stereocenters. The Bertz CT molecular complexity index is 1060. The molecule has 0 atom stereocenters. The molecule has 6 nitrogen and oxygen atoms in total. The summed E-state index contributed by atoms with van der Waals surface area (Å²) < 4.78 is 5.12. The first kappa shape index (κ1) is 23.4. The average molecular weight is 455 g/mol. The molecule has 2 aromatic rings. The van der Waals surface area contributed by atoms with Crippen LogP contribution in [0.2, 0.25) is 5.02 Å². The fraction of sp³-hybridized carbons (Fsp3) is 0.280. The van der Waals surface area contributed by atoms with Crippen molar-refractivity contribution in [3.8, 4) is 0 Å². The van der Waals surface area contributed by atoms with Crippen LogP contribution in [0.4, 0.5) is 0 Å². The van der Waals surface area contributed by atoms with Crippen molar-refractivity contribution in [3.05, 3.63) is 93.9 Å². The molecular weight excluding hydrogens is 428 g/mol. The number of aliphatic hydroxyl groups excluding tert-OH is 1. The van der Waals surface area contributed by atoms with Gasteiger partial charge in [-0.25, -0.2) is 4.79 Å². The largest absolute Gasteiger partial charge is 0.507 e. The Kier molecular flexibility index (Phi) is 7.26. The molecule has 3 rings (SSSR count). The normalized spacial score (nSPS) is 17.2. The first-order chi connectivity index (χ1) is 15.2. The van der Waals surface area contributed by atoms with E-state index in [0.29, 0.717) is 17.1 Å². The van der Waals surface area contributed by atoms with Gasteiger partial charge in [0.05, 0.1) is 12.2 Å². The summed E-state index contributed by atoms with van der Waals surface area (Å²) in [5, 5.41) is 14.5. The van der Waals surface area contributed by atoms with Crippen LogP contribution >= 0.6 is 11.6 Å². The van der Waals surface area contributed by atoms with Gasteiger partial charge in [-0.15, -0.1) is 0 Å². The van der Waals surface area contributed by atoms with Gasteiger partial charge in [0.25, 0.3) is 5.91 Å². The third kappa shape index (κ3) is 5.32. The number of amides is 1. The molecule has 168 valence electrons. The fourth-order valence-electron chi connectivity index (χ4n) is 3.52. The van der Waals surface area contributed by atoms with Gasteiger partial charge in [0.2, 0.25) is 0 Å². The highest BCUT2D eigenvalue weighted by Crippen LogP contribution is 2.27. The Morgan fingerprint density at radius 2 is 1.81 bits per heavy atom. The monoisotopic (exact) mass is 454 g/mol. The Balaban J connectivity index is 1.94. The minimum atomic E-state index is -0.675. The van der Waals surface area contributed by atoms with Crippen molar-refractivity contribution in [2.45, 2.75) is 39.4 Å². The quantitative estimate of drug-likeness (QED) is 0.365. The second-order valence-electron chi connectivity index (χ2n) is 7.97. The zero-order valence-electron chi connectivity index (χ0n) is 18.4. The van der Waals surface area contributed by atoms with Crippen LogP contribution in [-0.2, 0) is 27.3 Å². The zero-order chi connectivity index (χ0) is 23.3. The summed E-state index contributed by atoms with van der Waals surface area (Å²) in [6.07, 6.45) is 1.36. The summed E-state index contributed by atoms with van der Waals surface area (Å²) in [7, 11) is 0. The third-order valence-corrected chi connectivity index (χ3v) is 5.58. The fourth-order valence-corrected chi connectivity index (χ4v) is 3.73. The topological polar surface area (TPSA) is 78.9 Å². The van der Waals surface area contributed by atoms with Gasteiger partial charge in [0.1, 0.15) is 17.1 Å². The van der Waals surface area contributed by atoms with Crippen LogP contribution in [0.1, 0.15) is 31.9 Å². The summed E-state index contributed by atoms with van der Waals surface area (Å²) in [5.74, 6) is -1.27. The molecule has 1 fully saturated rings. The van der Waals surface area contributed by atoms with Crippen LogP contribution in [-0.4, -0.2) is 34.2 Å². The van der Waals surface area contributed by atoms with Crippen molar-refractivity contribution in [3.63, 3.8) is 0 Å². The average Bonchev–Trinajstić information content (AvgIpc) is 2.96. The van der Waals surface area contributed by atoms with Gasteiger partial charge in [-0.3, -0.25) is 4.79 Å². The van der Waals surface area contributed by atoms with Crippen molar-refractivity contribution in [2.75, 3.05) is 6.61 Å². The van der Waals surface area contributed by atoms with Crippen molar-refractivity contribution in [2.24, 2.45) is 0 Å². The van der Waals surface area contributed by atoms with Gasteiger partial charge >= 0.3 is 5.97 Å². The summed E-state index contributed by atoms with van der Waals surface area (Å²) in [6, 6.07) is 16.7. The van der Waals surface area contributed by atoms with Crippen LogP contribution in [0.3, 0.4) is 0 Å². The molecule has 1 amide bonds. The second kappa shape index (κ2) is 9.92. The number of esters is 1. The lowest BCUT2D eigenvalue weighted by Gasteiger charge is -2.30. The minimum absolute atomic E-state index is 0.0290. The number of rotatable bonds is 7. The lowest BCUT2D eigenvalue weighted by atomic mass is 10.0. The highest BCUT2D eigenvalue weighted by molar-refractivity contribution is 6.31. The Morgan fingerprint density at radius 3 is 2.47 bits per heavy atom. The molecule has 1 heterocycles. The van der Waals surface area contributed by atoms with E-state index in [1.807, 2.05) is 44.2 Å². The Hall–Kier alpha value is -3.25. The van der Waals surface area contributed by atoms with E-state index in [0.717, 1.165) is 5.56 Å². The lowest BCUT2D eigenvalue weighted by Crippen LogP contribution is -2.46. The van der Waals surface area contributed by atoms with E-state index in [4.69, 9.17) is 16.3 Å². The second-order valence-corrected chi connectivity index (χ2v) is 8.38. The Morgan fingerprint density at radius 1 is 1.16 bits per heavy atom. The molecule has 0 radical (unpaired) electrons. The van der Waals surface area contributed by atoms with E-state index >= 15 is 0 Å². The summed E-state index contributed by atoms with van der Waals surface area (Å²) in [5.41, 5.74) is 1.21. The smallest absolute Gasteiger partial charge is 0.338 e. The summed E-state index contributed by atoms with van der Waals surface area (Å²) >= 11 is 6.24. The minimum Gasteiger partial charge on any atom is -0.507 e. The molecule has 1 saturated heterocycles. The molecule has 1 aliphatic rings. The maximum atomic E-state index is 13.1. The zero-order valence-corrected chi connectivity index (χ0v) is 19.1. The number of nitrogens with one attached hydrogen (secondary N) is 1. The van der Waals surface area contributed by atoms with Crippen LogP contribution in [0, 0.1) is 0 Å². The third-order valence-electron chi connectivity index (χ3n) is 5.21. The molecule has 0 aromatic heterocycles. The van der Waals surface area contributed by atoms with E-state index in [1.165, 1.54) is 6.08 Å². The summed E-state index contributed by atoms with van der Waals surface area (Å²) in [6.45, 7) is 6.01. The maximum Gasteiger partial charge on any atom is 0.338 e. The Labute approximate surface area is 193 Å². The predicted molar refractivity (Wildman–Crippen MR) is 124 cm³/mol. The molecular formula is C25H27ClN2O4. The van der Waals surface area contributed by atoms with Crippen molar-refractivity contribution < 1.29 is 19.4 Å². The number of hydrogen-bond donors (Lipinski definition) is 2. The van der Waals surface area contributed by atoms with E-state index in [9.17, 15) is 14.7 Å². The molecule has 0 saturated carbocycles. The standard InChI is InChI=1S/C25H27ClN2O4/c1-4-32-24(31)19(14-18-12-8-9-13-20(18)26)22(29)15-21-23(30)28(25(2,3)27-21)16-17-10-6-5-7-11-17/h5-13,15,27,29H,4,14,16H2,1-3H3/b21-15-,22-19-. The van der Waals surface area contributed by atoms with Gasteiger partial charge in [0, 0.05) is 24.1 Å². The van der Waals surface area contributed by atoms with Crippen molar-refractivity contribution in [1.29, 1.82) is 0 Å². The number of carbonyl (C=O) groups excluding carboxylic acids is 2. The highest BCUT2D eigenvalue weighted by Gasteiger charge is 2.41. The molecule has 2 aromatic carbocycles. The first-order valence-corrected chi connectivity index (χ1v) is 10.8. The van der Waals surface area contributed by atoms with Gasteiger partial charge in [-0.05, 0) is 38.0 Å². The number of ether oxygens (including phenoxy) is 1. The van der Waals surface area contributed by atoms with Crippen molar-refractivity contribution >= 4 is 23.5 Å². The van der Waals surface area contributed by atoms with Gasteiger partial charge in [-0.1, -0.05) is 60.1 Å². The summed E-state index contributed by atoms with van der Waals surface area (Å²) in [4.78, 5) is 27.4. The first-order valence-electron chi connectivity index (χ1n) is 10.4. The van der Waals surface area contributed by atoms with Gasteiger partial charge in [-0.2, -0.15) is 0 Å². The number of allylic oxidation sites excluding steroid dienone is 1. The van der Waals surface area contributed by atoms with Gasteiger partial charge < -0.3 is 20.1 Å². The molecule has 1 aliphatic heterocycles. The molecule has 0 bridgehead atoms. The highest BCUT2D eigenvalue weighted by atomic mass is 35.5. The molecule has 2 N–H and O–H groups in total. The van der Waals surface area contributed by atoms with Crippen molar-refractivity contribution in [1.82, 2.24) is 10.2 Å². The number of hydrogen-bond acceptors (Lipinski definition) is 5. The van der Waals surface area contributed by atoms with E-state index in [1.54, 1.807) is 36.1 Å². The van der Waals surface area contributed by atoms with Crippen LogP contribution in [0.15, 0.2) is 77.7 Å². The number of nitrogens with zero attached hydrogens (tertiary/aromatic N) is 1. The van der Waals surface area contributed by atoms with E-state index in [2.05, 4.69) is 5.32 Å². The molecule has 32 heavy (non-hydrogen) atoms. The van der Waals surface area contributed by atoms with Gasteiger partial charge in [0.15, 0.2) is 0 Å². The SMILES string of the molecule is CCOC(=O)/C(Cc1ccccc1Cl)=C(O)/C=C1\NC(C)(C)N(Cc2ccccc2)C1=O. The maximum absolute atomic E-state index is 13.1. The van der Waals surface area contributed by atoms with Crippen LogP contribution < -0.4 is 5.32 Å². The molecule has 0 spiro atoms. The molecule has 0 aliphatic carbocycles. The van der Waals surface area contributed by atoms with Crippen LogP contribution in [0.25, 0.3) is 0 Å². The lowest BCUT2D eigenvalue weighted by molar-refractivity contribution is -0.138. The molecule has 7 heteroatoms. The number of aliphatic hydroxyl groups is 1. The number of benzene rings is 2. The van der Waals surface area contributed by atoms with E-state index < -0.39 is 11.6 Å². The number of halogens is 1. The van der Waals surface area contributed by atoms with E-state index in [-0.39, 0.29) is 36.0 Å². The number of carbonyl (C=O) groups is 2. The van der Waals surface area contributed by atoms with Crippen LogP contribution in [0.5, 0.6) is 0 Å².